The van der Waals surface area contributed by atoms with E-state index in [2.05, 4.69) is 27.5 Å². The highest BCUT2D eigenvalue weighted by atomic mass is 32.2. The summed E-state index contributed by atoms with van der Waals surface area (Å²) >= 11 is 2.33. The van der Waals surface area contributed by atoms with Crippen LogP contribution in [-0.2, 0) is 24.0 Å². The van der Waals surface area contributed by atoms with Crippen LogP contribution in [0.25, 0.3) is 10.9 Å². The van der Waals surface area contributed by atoms with Gasteiger partial charge in [-0.15, -0.1) is 23.1 Å². The number of aliphatic carboxylic acids is 2. The number of nitrogens with two attached hydrogens (primary N) is 1. The number of hydrogen-bond donors (Lipinski definition) is 5. The van der Waals surface area contributed by atoms with Crippen LogP contribution in [0.1, 0.15) is 58.2 Å². The van der Waals surface area contributed by atoms with Crippen molar-refractivity contribution in [3.05, 3.63) is 51.2 Å². The van der Waals surface area contributed by atoms with Gasteiger partial charge in [0.25, 0.3) is 17.4 Å². The van der Waals surface area contributed by atoms with Crippen molar-refractivity contribution in [2.24, 2.45) is 5.16 Å². The lowest BCUT2D eigenvalue weighted by Crippen LogP contribution is -2.72. The van der Waals surface area contributed by atoms with E-state index in [-0.39, 0.29) is 62.1 Å². The van der Waals surface area contributed by atoms with Crippen LogP contribution in [0, 0.1) is 0 Å². The van der Waals surface area contributed by atoms with Crippen LogP contribution >= 0.6 is 23.1 Å². The number of aromatic nitrogens is 3. The molecule has 54 heavy (non-hydrogen) atoms. The fourth-order valence-corrected chi connectivity index (χ4v) is 10.0. The van der Waals surface area contributed by atoms with Crippen molar-refractivity contribution >= 4 is 68.6 Å². The summed E-state index contributed by atoms with van der Waals surface area (Å²) in [6.45, 7) is 4.65. The standard InChI is InChI=1S/C34H38N8O10S2/c1-14-19(11-42(4)16-5-6-17(42)8-15(7-16)40-13-36-20-10-23(44)22(43)9-18(20)28(40)46)26(31(48)49)41-29(47)25(30(41)54-14)38-27(45)24(21-12-53-33(35)37-21)39-52-34(2,3)32(50)51/h9-10,12-17,25,30H,5-8,11H2,1-4H3,(H6-,35,37,38,39,43,44,45,46,48,49,50,51)/t14-,15?,16-,17+,25+,30+,42?/m0/s1. The molecular formula is C34H38N8O10S2. The Kier molecular flexibility index (Phi) is 9.12. The van der Waals surface area contributed by atoms with E-state index in [9.17, 15) is 44.4 Å². The number of thioether (sulfide) groups is 1. The first-order chi connectivity index (χ1) is 25.4. The molecule has 0 saturated carbocycles. The van der Waals surface area contributed by atoms with E-state index in [0.29, 0.717) is 29.4 Å². The Balaban J connectivity index is 1.11. The van der Waals surface area contributed by atoms with Gasteiger partial charge in [0.1, 0.15) is 23.7 Å². The van der Waals surface area contributed by atoms with Gasteiger partial charge in [-0.1, -0.05) is 5.16 Å². The van der Waals surface area contributed by atoms with Crippen LogP contribution in [-0.4, -0.2) is 117 Å². The zero-order chi connectivity index (χ0) is 39.0. The number of thiazole rings is 1. The van der Waals surface area contributed by atoms with E-state index in [1.54, 1.807) is 4.57 Å². The average Bonchev–Trinajstić information content (AvgIpc) is 3.56. The number of quaternary nitrogens is 1. The number of nitrogens with zero attached hydrogens (tertiary/aromatic N) is 6. The zero-order valence-electron chi connectivity index (χ0n) is 29.6. The molecule has 7 atom stereocenters. The molecule has 0 spiro atoms. The number of carboxylic acid groups (broad SMARTS) is 2. The van der Waals surface area contributed by atoms with E-state index in [1.165, 1.54) is 49.4 Å². The normalized spacial score (nSPS) is 28.1. The fourth-order valence-electron chi connectivity index (χ4n) is 8.04. The minimum Gasteiger partial charge on any atom is -0.543 e. The Morgan fingerprint density at radius 1 is 1.17 bits per heavy atom. The Morgan fingerprint density at radius 3 is 2.44 bits per heavy atom. The maximum Gasteiger partial charge on any atom is 0.350 e. The predicted octanol–water partition coefficient (Wildman–Crippen LogP) is 0.235. The summed E-state index contributed by atoms with van der Waals surface area (Å²) in [6.07, 6.45) is 4.38. The van der Waals surface area contributed by atoms with E-state index >= 15 is 0 Å². The van der Waals surface area contributed by atoms with E-state index < -0.39 is 52.2 Å². The number of fused-ring (bicyclic) bond motifs is 4. The van der Waals surface area contributed by atoms with Gasteiger partial charge in [-0.05, 0) is 26.8 Å². The maximum absolute atomic E-state index is 13.7. The number of anilines is 1. The quantitative estimate of drug-likeness (QED) is 0.0607. The SMILES string of the molecule is C[C@@H]1S[C@@H]2[C@H](NC(=O)C(=NOC(C)(C)C(=O)O)c3csc(N)n3)C(=O)N2C(C(=O)[O-])=C1C[N+]1(C)[C@@H]2CC[C@H]1CC(n1cnc3cc(O)c(O)cc3c1=O)C2. The molecule has 18 nitrogen and oxygen atoms in total. The number of nitrogens with one attached hydrogen (secondary N) is 1. The molecule has 0 aliphatic carbocycles. The number of rotatable bonds is 10. The predicted molar refractivity (Wildman–Crippen MR) is 193 cm³/mol. The van der Waals surface area contributed by atoms with Gasteiger partial charge in [0, 0.05) is 54.0 Å². The summed E-state index contributed by atoms with van der Waals surface area (Å²) in [7, 11) is 2.07. The van der Waals surface area contributed by atoms with Gasteiger partial charge in [-0.2, -0.15) is 0 Å². The lowest BCUT2D eigenvalue weighted by atomic mass is 9.92. The molecule has 2 amide bonds. The number of β-lactam (4-membered cyclic amide) rings is 1. The molecule has 3 saturated heterocycles. The number of phenols is 2. The number of phenolic OH excluding ortho intramolecular Hbond substituents is 2. The number of benzene rings is 1. The molecular weight excluding hydrogens is 745 g/mol. The Labute approximate surface area is 315 Å². The molecule has 4 aliphatic heterocycles. The van der Waals surface area contributed by atoms with Crippen molar-refractivity contribution in [3.63, 3.8) is 0 Å². The van der Waals surface area contributed by atoms with Crippen molar-refractivity contribution in [1.82, 2.24) is 24.8 Å². The molecule has 3 fully saturated rings. The first-order valence-corrected chi connectivity index (χ1v) is 19.0. The number of nitrogen functional groups attached to an aromatic ring is 1. The van der Waals surface area contributed by atoms with Crippen molar-refractivity contribution in [2.75, 3.05) is 19.3 Å². The van der Waals surface area contributed by atoms with Crippen molar-refractivity contribution < 1.29 is 48.9 Å². The van der Waals surface area contributed by atoms with Gasteiger partial charge in [0.2, 0.25) is 5.60 Å². The van der Waals surface area contributed by atoms with Crippen LogP contribution in [0.5, 0.6) is 11.5 Å². The molecule has 6 heterocycles. The summed E-state index contributed by atoms with van der Waals surface area (Å²) in [5.41, 5.74) is 3.79. The fraction of sp³-hybridized carbons (Fsp3) is 0.471. The van der Waals surface area contributed by atoms with Gasteiger partial charge < -0.3 is 45.6 Å². The van der Waals surface area contributed by atoms with Crippen molar-refractivity contribution in [1.29, 1.82) is 0 Å². The summed E-state index contributed by atoms with van der Waals surface area (Å²) in [4.78, 5) is 79.8. The lowest BCUT2D eigenvalue weighted by Gasteiger charge is -2.54. The molecule has 7 rings (SSSR count). The second kappa shape index (κ2) is 13.3. The number of amides is 2. The highest BCUT2D eigenvalue weighted by Gasteiger charge is 2.58. The zero-order valence-corrected chi connectivity index (χ0v) is 31.2. The first kappa shape index (κ1) is 37.1. The number of carbonyl (C=O) groups is 4. The molecule has 3 aromatic rings. The van der Waals surface area contributed by atoms with Crippen LogP contribution in [0.4, 0.5) is 5.13 Å². The lowest BCUT2D eigenvalue weighted by molar-refractivity contribution is -0.945. The Morgan fingerprint density at radius 2 is 1.83 bits per heavy atom. The summed E-state index contributed by atoms with van der Waals surface area (Å²) in [5, 5.41) is 49.1. The Hall–Kier alpha value is -5.21. The molecule has 2 unspecified atom stereocenters. The number of hydrogen-bond acceptors (Lipinski definition) is 15. The highest BCUT2D eigenvalue weighted by Crippen LogP contribution is 2.49. The number of carbonyl (C=O) groups excluding carboxylic acids is 3. The minimum atomic E-state index is -1.80. The van der Waals surface area contributed by atoms with E-state index in [0.717, 1.165) is 29.1 Å². The molecule has 4 aliphatic rings. The third kappa shape index (κ3) is 6.10. The highest BCUT2D eigenvalue weighted by molar-refractivity contribution is 8.00. The van der Waals surface area contributed by atoms with E-state index in [4.69, 9.17) is 10.6 Å². The van der Waals surface area contributed by atoms with E-state index in [1.807, 2.05) is 6.92 Å². The van der Waals surface area contributed by atoms with Crippen LogP contribution in [0.3, 0.4) is 0 Å². The molecule has 1 aromatic carbocycles. The van der Waals surface area contributed by atoms with Gasteiger partial charge >= 0.3 is 5.97 Å². The minimum absolute atomic E-state index is 0.00112. The summed E-state index contributed by atoms with van der Waals surface area (Å²) in [5.74, 6) is -5.19. The van der Waals surface area contributed by atoms with Gasteiger partial charge in [-0.25, -0.2) is 14.8 Å². The third-order valence-corrected chi connectivity index (χ3v) is 13.3. The molecule has 2 aromatic heterocycles. The van der Waals surface area contributed by atoms with Gasteiger partial charge in [0.15, 0.2) is 22.3 Å². The maximum atomic E-state index is 13.7. The second-order valence-corrected chi connectivity index (χ2v) is 17.1. The van der Waals surface area contributed by atoms with Crippen LogP contribution in [0.15, 0.2) is 45.1 Å². The largest absolute Gasteiger partial charge is 0.543 e. The van der Waals surface area contributed by atoms with Gasteiger partial charge in [0.05, 0.1) is 48.0 Å². The number of likely N-dealkylation sites (N-methyl/N-ethyl adjacent to an activating group) is 1. The van der Waals surface area contributed by atoms with Crippen molar-refractivity contribution in [3.8, 4) is 11.5 Å². The monoisotopic (exact) mass is 782 g/mol. The third-order valence-electron chi connectivity index (χ3n) is 11.1. The Bertz CT molecular complexity index is 2220. The summed E-state index contributed by atoms with van der Waals surface area (Å²) < 4.78 is 2.09. The molecule has 0 radical (unpaired) electrons. The topological polar surface area (TPSA) is 263 Å². The van der Waals surface area contributed by atoms with Crippen molar-refractivity contribution in [2.45, 2.75) is 86.8 Å². The molecule has 2 bridgehead atoms. The first-order valence-electron chi connectivity index (χ1n) is 17.1. The molecule has 286 valence electrons. The average molecular weight is 783 g/mol. The second-order valence-electron chi connectivity index (χ2n) is 14.7. The molecule has 20 heteroatoms. The summed E-state index contributed by atoms with van der Waals surface area (Å²) in [6, 6.07) is 1.23. The van der Waals surface area contributed by atoms with Crippen LogP contribution < -0.4 is 21.7 Å². The number of aromatic hydroxyl groups is 2. The van der Waals surface area contributed by atoms with Crippen LogP contribution in [0.2, 0.25) is 0 Å². The number of piperidine rings is 1. The van der Waals surface area contributed by atoms with Gasteiger partial charge in [-0.3, -0.25) is 23.9 Å². The molecule has 6 N–H and O–H groups in total. The number of oxime groups is 1. The number of carboxylic acids is 2. The smallest absolute Gasteiger partial charge is 0.350 e.